The van der Waals surface area contributed by atoms with Gasteiger partial charge in [-0.05, 0) is 0 Å². The molecular weight excluding hydrogens is 207 g/mol. The minimum absolute atomic E-state index is 1.18. The lowest BCUT2D eigenvalue weighted by atomic mass is 10.2. The molecule has 0 spiro atoms. The Labute approximate surface area is 74.2 Å². The van der Waals surface area contributed by atoms with Crippen LogP contribution < -0.4 is 0 Å². The van der Waals surface area contributed by atoms with Crippen LogP contribution in [-0.4, -0.2) is 6.01 Å². The molecule has 2 nitrogen and oxygen atoms in total. The van der Waals surface area contributed by atoms with Crippen LogP contribution in [-0.2, 0) is 0 Å². The Kier molecular flexibility index (Phi) is 2.62. The molecule has 14 heavy (non-hydrogen) atoms. The van der Waals surface area contributed by atoms with Crippen molar-refractivity contribution in [2.45, 2.75) is 0 Å². The predicted octanol–water partition coefficient (Wildman–Crippen LogP) is 2.77. The maximum Gasteiger partial charge on any atom is 0.200 e. The van der Waals surface area contributed by atoms with Gasteiger partial charge in [0.15, 0.2) is 29.0 Å². The van der Waals surface area contributed by atoms with E-state index in [1.807, 2.05) is 0 Å². The Morgan fingerprint density at radius 2 is 1.14 bits per heavy atom. The van der Waals surface area contributed by atoms with Gasteiger partial charge in [-0.25, -0.2) is 27.4 Å². The van der Waals surface area contributed by atoms with E-state index in [4.69, 9.17) is 5.41 Å². The summed E-state index contributed by atoms with van der Waals surface area (Å²) in [6.07, 6.45) is 0. The number of halogens is 5. The smallest absolute Gasteiger partial charge is 0.200 e. The van der Waals surface area contributed by atoms with E-state index in [0.717, 1.165) is 0 Å². The van der Waals surface area contributed by atoms with Gasteiger partial charge in [-0.15, -0.1) is 0 Å². The Balaban J connectivity index is 3.67. The van der Waals surface area contributed by atoms with Crippen LogP contribution in [0.25, 0.3) is 0 Å². The highest BCUT2D eigenvalue weighted by atomic mass is 19.2. The van der Waals surface area contributed by atoms with Crippen LogP contribution in [0.5, 0.6) is 0 Å². The summed E-state index contributed by atoms with van der Waals surface area (Å²) in [5.74, 6) is -10.6. The van der Waals surface area contributed by atoms with E-state index in [0.29, 0.717) is 0 Å². The third-order valence-electron chi connectivity index (χ3n) is 1.35. The number of benzene rings is 1. The lowest BCUT2D eigenvalue weighted by molar-refractivity contribution is 0.381. The van der Waals surface area contributed by atoms with Gasteiger partial charge >= 0.3 is 0 Å². The van der Waals surface area contributed by atoms with E-state index in [2.05, 4.69) is 4.99 Å². The number of aliphatic imine (C=N–C) groups is 1. The molecule has 0 saturated carbocycles. The zero-order chi connectivity index (χ0) is 10.9. The van der Waals surface area contributed by atoms with Crippen LogP contribution in [0.1, 0.15) is 0 Å². The molecule has 0 heterocycles. The first kappa shape index (κ1) is 10.3. The molecule has 0 aliphatic rings. The Bertz CT molecular complexity index is 407. The SMILES string of the molecule is N=C=Nc1c(F)c(F)c(F)c(F)c1F. The fourth-order valence-electron chi connectivity index (χ4n) is 0.747. The second-order valence-corrected chi connectivity index (χ2v) is 2.14. The molecule has 1 N–H and O–H groups in total. The van der Waals surface area contributed by atoms with Crippen LogP contribution in [0.4, 0.5) is 27.6 Å². The van der Waals surface area contributed by atoms with E-state index >= 15 is 0 Å². The van der Waals surface area contributed by atoms with Crippen LogP contribution in [0.2, 0.25) is 0 Å². The second-order valence-electron chi connectivity index (χ2n) is 2.14. The van der Waals surface area contributed by atoms with Gasteiger partial charge in [-0.3, -0.25) is 0 Å². The summed E-state index contributed by atoms with van der Waals surface area (Å²) >= 11 is 0. The highest BCUT2D eigenvalue weighted by Gasteiger charge is 2.25. The van der Waals surface area contributed by atoms with Crippen molar-refractivity contribution in [1.29, 1.82) is 5.41 Å². The minimum Gasteiger partial charge on any atom is -0.241 e. The highest BCUT2D eigenvalue weighted by molar-refractivity contribution is 5.52. The summed E-state index contributed by atoms with van der Waals surface area (Å²) in [7, 11) is 0. The molecule has 1 aromatic carbocycles. The van der Waals surface area contributed by atoms with Gasteiger partial charge in [-0.2, -0.15) is 4.99 Å². The van der Waals surface area contributed by atoms with Crippen molar-refractivity contribution in [2.75, 3.05) is 0 Å². The summed E-state index contributed by atoms with van der Waals surface area (Å²) in [6, 6.07) is 1.18. The molecule has 0 atom stereocenters. The minimum atomic E-state index is -2.26. The zero-order valence-electron chi connectivity index (χ0n) is 6.34. The average Bonchev–Trinajstić information content (AvgIpc) is 2.19. The van der Waals surface area contributed by atoms with Crippen molar-refractivity contribution >= 4 is 11.7 Å². The van der Waals surface area contributed by atoms with Gasteiger partial charge in [0, 0.05) is 0 Å². The third kappa shape index (κ3) is 1.38. The van der Waals surface area contributed by atoms with Crippen LogP contribution >= 0.6 is 0 Å². The summed E-state index contributed by atoms with van der Waals surface area (Å²) < 4.78 is 62.5. The van der Waals surface area contributed by atoms with Crippen LogP contribution in [0.15, 0.2) is 4.99 Å². The lowest BCUT2D eigenvalue weighted by Crippen LogP contribution is -2.00. The molecule has 0 amide bonds. The van der Waals surface area contributed by atoms with Crippen molar-refractivity contribution in [3.8, 4) is 0 Å². The molecule has 1 aromatic rings. The maximum absolute atomic E-state index is 12.7. The summed E-state index contributed by atoms with van der Waals surface area (Å²) in [6.45, 7) is 0. The van der Waals surface area contributed by atoms with E-state index in [-0.39, 0.29) is 0 Å². The largest absolute Gasteiger partial charge is 0.241 e. The Morgan fingerprint density at radius 1 is 0.786 bits per heavy atom. The molecule has 0 aliphatic heterocycles. The fourth-order valence-corrected chi connectivity index (χ4v) is 0.747. The van der Waals surface area contributed by atoms with Crippen LogP contribution in [0, 0.1) is 34.5 Å². The first-order valence-corrected chi connectivity index (χ1v) is 3.14. The monoisotopic (exact) mass is 208 g/mol. The predicted molar refractivity (Wildman–Crippen MR) is 36.0 cm³/mol. The average molecular weight is 208 g/mol. The van der Waals surface area contributed by atoms with Gasteiger partial charge < -0.3 is 0 Å². The first-order valence-electron chi connectivity index (χ1n) is 3.14. The number of hydrogen-bond acceptors (Lipinski definition) is 2. The summed E-state index contributed by atoms with van der Waals surface area (Å²) in [4.78, 5) is 2.59. The third-order valence-corrected chi connectivity index (χ3v) is 1.35. The molecule has 0 bridgehead atoms. The molecule has 0 unspecified atom stereocenters. The number of nitrogens with one attached hydrogen (secondary N) is 1. The Hall–Kier alpha value is -1.75. The molecule has 1 rings (SSSR count). The topological polar surface area (TPSA) is 36.2 Å². The van der Waals surface area contributed by atoms with Crippen molar-refractivity contribution < 1.29 is 22.0 Å². The zero-order valence-corrected chi connectivity index (χ0v) is 6.34. The molecular formula is C7HF5N2. The number of hydrogen-bond donors (Lipinski definition) is 1. The van der Waals surface area contributed by atoms with Gasteiger partial charge in [0.25, 0.3) is 0 Å². The molecule has 0 aromatic heterocycles. The lowest BCUT2D eigenvalue weighted by Gasteiger charge is -2.01. The molecule has 74 valence electrons. The number of rotatable bonds is 1. The highest BCUT2D eigenvalue weighted by Crippen LogP contribution is 2.28. The normalized spacial score (nSPS) is 9.79. The van der Waals surface area contributed by atoms with E-state index in [1.165, 1.54) is 6.01 Å². The number of nitrogens with zero attached hydrogens (tertiary/aromatic N) is 1. The van der Waals surface area contributed by atoms with Gasteiger partial charge in [0.05, 0.1) is 6.01 Å². The second kappa shape index (κ2) is 3.55. The quantitative estimate of drug-likeness (QED) is 0.319. The van der Waals surface area contributed by atoms with Crippen molar-refractivity contribution in [2.24, 2.45) is 4.99 Å². The summed E-state index contributed by atoms with van der Waals surface area (Å²) in [5.41, 5.74) is -1.42. The molecule has 0 fully saturated rings. The summed E-state index contributed by atoms with van der Waals surface area (Å²) in [5, 5.41) is 6.24. The van der Waals surface area contributed by atoms with Crippen molar-refractivity contribution in [1.82, 2.24) is 0 Å². The van der Waals surface area contributed by atoms with Gasteiger partial charge in [0.1, 0.15) is 0 Å². The molecule has 0 radical (unpaired) electrons. The van der Waals surface area contributed by atoms with Gasteiger partial charge in [0.2, 0.25) is 5.82 Å². The van der Waals surface area contributed by atoms with E-state index in [9.17, 15) is 22.0 Å². The van der Waals surface area contributed by atoms with Crippen molar-refractivity contribution in [3.63, 3.8) is 0 Å². The maximum atomic E-state index is 12.7. The Morgan fingerprint density at radius 3 is 1.50 bits per heavy atom. The standard InChI is InChI=1S/C7HF5N2/c8-2-3(9)5(11)7(14-1-13)6(12)4(2)10/h13H. The molecule has 7 heteroatoms. The molecule has 0 saturated heterocycles. The van der Waals surface area contributed by atoms with E-state index in [1.54, 1.807) is 0 Å². The van der Waals surface area contributed by atoms with Gasteiger partial charge in [-0.1, -0.05) is 0 Å². The van der Waals surface area contributed by atoms with Crippen LogP contribution in [0.3, 0.4) is 0 Å². The fraction of sp³-hybridized carbons (Fsp3) is 0. The van der Waals surface area contributed by atoms with Crippen molar-refractivity contribution in [3.05, 3.63) is 29.1 Å². The van der Waals surface area contributed by atoms with E-state index < -0.39 is 34.8 Å². The molecule has 0 aliphatic carbocycles. The first-order chi connectivity index (χ1) is 6.50.